The van der Waals surface area contributed by atoms with Gasteiger partial charge >= 0.3 is 0 Å². The lowest BCUT2D eigenvalue weighted by Gasteiger charge is -2.06. The zero-order valence-corrected chi connectivity index (χ0v) is 11.6. The van der Waals surface area contributed by atoms with E-state index in [1.54, 1.807) is 23.1 Å². The van der Waals surface area contributed by atoms with Crippen LogP contribution in [-0.2, 0) is 6.54 Å². The third-order valence-electron chi connectivity index (χ3n) is 2.51. The average Bonchev–Trinajstić information content (AvgIpc) is 2.80. The molecule has 0 aliphatic rings. The second kappa shape index (κ2) is 5.30. The molecule has 6 heteroatoms. The van der Waals surface area contributed by atoms with Crippen LogP contribution in [0, 0.1) is 0 Å². The minimum absolute atomic E-state index is 0.153. The normalized spacial score (nSPS) is 10.4. The second-order valence-electron chi connectivity index (χ2n) is 3.60. The predicted octanol–water partition coefficient (Wildman–Crippen LogP) is 2.30. The van der Waals surface area contributed by atoms with Gasteiger partial charge in [0.25, 0.3) is 0 Å². The largest absolute Gasteiger partial charge is 0.493 e. The van der Waals surface area contributed by atoms with Gasteiger partial charge in [-0.25, -0.2) is 0 Å². The van der Waals surface area contributed by atoms with Crippen LogP contribution >= 0.6 is 15.9 Å². The topological polar surface area (TPSA) is 57.0 Å². The molecule has 0 spiro atoms. The molecule has 0 saturated heterocycles. The van der Waals surface area contributed by atoms with Crippen molar-refractivity contribution < 1.29 is 9.53 Å². The lowest BCUT2D eigenvalue weighted by atomic mass is 10.1. The Balaban J connectivity index is 2.48. The molecule has 18 heavy (non-hydrogen) atoms. The fourth-order valence-electron chi connectivity index (χ4n) is 1.66. The fourth-order valence-corrected chi connectivity index (χ4v) is 2.02. The van der Waals surface area contributed by atoms with Crippen LogP contribution < -0.4 is 4.74 Å². The first-order valence-electron chi connectivity index (χ1n) is 5.42. The number of hydrogen-bond acceptors (Lipinski definition) is 4. The maximum atomic E-state index is 12.4. The van der Waals surface area contributed by atoms with Crippen LogP contribution in [0.25, 0.3) is 0 Å². The maximum absolute atomic E-state index is 12.4. The summed E-state index contributed by atoms with van der Waals surface area (Å²) >= 11 is 3.30. The summed E-state index contributed by atoms with van der Waals surface area (Å²) in [7, 11) is 1.52. The van der Waals surface area contributed by atoms with Crippen molar-refractivity contribution in [1.82, 2.24) is 14.8 Å². The number of carbonyl (C=O) groups is 1. The number of methoxy groups -OCH3 is 1. The molecule has 0 atom stereocenters. The van der Waals surface area contributed by atoms with E-state index >= 15 is 0 Å². The highest BCUT2D eigenvalue weighted by Crippen LogP contribution is 2.22. The van der Waals surface area contributed by atoms with Gasteiger partial charge in [-0.15, -0.1) is 0 Å². The number of ketones is 1. The summed E-state index contributed by atoms with van der Waals surface area (Å²) in [5.74, 6) is 0.321. The van der Waals surface area contributed by atoms with Gasteiger partial charge in [-0.2, -0.15) is 5.10 Å². The zero-order valence-electron chi connectivity index (χ0n) is 10.1. The highest BCUT2D eigenvalue weighted by molar-refractivity contribution is 9.10. The van der Waals surface area contributed by atoms with Crippen molar-refractivity contribution in [2.24, 2.45) is 0 Å². The maximum Gasteiger partial charge on any atom is 0.216 e. The molecule has 0 aliphatic heterocycles. The van der Waals surface area contributed by atoms with Crippen molar-refractivity contribution in [2.75, 3.05) is 7.11 Å². The SMILES string of the molecule is CCn1ncc(OC)c1C(=O)c1cncc(Br)c1. The van der Waals surface area contributed by atoms with Gasteiger partial charge in [0.15, 0.2) is 11.4 Å². The van der Waals surface area contributed by atoms with Gasteiger partial charge in [0.2, 0.25) is 5.78 Å². The van der Waals surface area contributed by atoms with Gasteiger partial charge in [0.05, 0.1) is 13.3 Å². The monoisotopic (exact) mass is 309 g/mol. The Hall–Kier alpha value is -1.69. The summed E-state index contributed by atoms with van der Waals surface area (Å²) in [4.78, 5) is 16.4. The predicted molar refractivity (Wildman–Crippen MR) is 69.8 cm³/mol. The van der Waals surface area contributed by atoms with Crippen LogP contribution in [-0.4, -0.2) is 27.7 Å². The van der Waals surface area contributed by atoms with E-state index in [-0.39, 0.29) is 5.78 Å². The molecular weight excluding hydrogens is 298 g/mol. The van der Waals surface area contributed by atoms with Crippen molar-refractivity contribution in [3.63, 3.8) is 0 Å². The number of carbonyl (C=O) groups excluding carboxylic acids is 1. The standard InChI is InChI=1S/C12H12BrN3O2/c1-3-16-11(10(18-2)7-15-16)12(17)8-4-9(13)6-14-5-8/h4-7H,3H2,1-2H3. The van der Waals surface area contributed by atoms with Crippen LogP contribution in [0.15, 0.2) is 29.1 Å². The Morgan fingerprint density at radius 2 is 2.22 bits per heavy atom. The number of pyridine rings is 1. The first-order valence-corrected chi connectivity index (χ1v) is 6.21. The van der Waals surface area contributed by atoms with Crippen molar-refractivity contribution >= 4 is 21.7 Å². The summed E-state index contributed by atoms with van der Waals surface area (Å²) < 4.78 is 7.54. The van der Waals surface area contributed by atoms with Gasteiger partial charge in [-0.1, -0.05) is 0 Å². The molecule has 2 aromatic heterocycles. The number of aryl methyl sites for hydroxylation is 1. The number of halogens is 1. The first-order chi connectivity index (χ1) is 8.67. The molecule has 5 nitrogen and oxygen atoms in total. The molecule has 2 aromatic rings. The van der Waals surface area contributed by atoms with E-state index in [0.29, 0.717) is 23.6 Å². The molecule has 0 aromatic carbocycles. The summed E-state index contributed by atoms with van der Waals surface area (Å²) in [6, 6.07) is 1.72. The molecule has 0 aliphatic carbocycles. The molecule has 0 unspecified atom stereocenters. The lowest BCUT2D eigenvalue weighted by molar-refractivity contribution is 0.102. The van der Waals surface area contributed by atoms with E-state index in [0.717, 1.165) is 4.47 Å². The summed E-state index contributed by atoms with van der Waals surface area (Å²) in [6.45, 7) is 2.52. The van der Waals surface area contributed by atoms with E-state index in [2.05, 4.69) is 26.0 Å². The Kier molecular flexibility index (Phi) is 3.76. The number of aromatic nitrogens is 3. The van der Waals surface area contributed by atoms with E-state index in [1.165, 1.54) is 13.3 Å². The molecule has 2 heterocycles. The molecule has 0 amide bonds. The highest BCUT2D eigenvalue weighted by Gasteiger charge is 2.20. The Labute approximate surface area is 113 Å². The fraction of sp³-hybridized carbons (Fsp3) is 0.250. The van der Waals surface area contributed by atoms with Crippen molar-refractivity contribution in [2.45, 2.75) is 13.5 Å². The lowest BCUT2D eigenvalue weighted by Crippen LogP contribution is -2.12. The number of rotatable bonds is 4. The minimum atomic E-state index is -0.153. The first kappa shape index (κ1) is 12.8. The van der Waals surface area contributed by atoms with E-state index in [1.807, 2.05) is 6.92 Å². The molecule has 0 radical (unpaired) electrons. The number of nitrogens with zero attached hydrogens (tertiary/aromatic N) is 3. The molecule has 0 N–H and O–H groups in total. The molecular formula is C12H12BrN3O2. The summed E-state index contributed by atoms with van der Waals surface area (Å²) in [5.41, 5.74) is 0.942. The van der Waals surface area contributed by atoms with Crippen LogP contribution in [0.1, 0.15) is 23.0 Å². The minimum Gasteiger partial charge on any atom is -0.493 e. The molecule has 0 saturated carbocycles. The molecule has 94 valence electrons. The third kappa shape index (κ3) is 2.28. The smallest absolute Gasteiger partial charge is 0.216 e. The van der Waals surface area contributed by atoms with E-state index in [9.17, 15) is 4.79 Å². The Morgan fingerprint density at radius 3 is 2.83 bits per heavy atom. The Bertz CT molecular complexity index is 559. The number of ether oxygens (including phenoxy) is 1. The quantitative estimate of drug-likeness (QED) is 0.813. The molecule has 0 bridgehead atoms. The van der Waals surface area contributed by atoms with Gasteiger partial charge in [-0.05, 0) is 28.9 Å². The molecule has 0 fully saturated rings. The number of hydrogen-bond donors (Lipinski definition) is 0. The van der Waals surface area contributed by atoms with Gasteiger partial charge < -0.3 is 4.74 Å². The van der Waals surface area contributed by atoms with Crippen LogP contribution in [0.5, 0.6) is 5.75 Å². The van der Waals surface area contributed by atoms with Crippen molar-refractivity contribution in [3.05, 3.63) is 40.4 Å². The van der Waals surface area contributed by atoms with E-state index in [4.69, 9.17) is 4.74 Å². The van der Waals surface area contributed by atoms with E-state index < -0.39 is 0 Å². The van der Waals surface area contributed by atoms with Crippen molar-refractivity contribution in [3.8, 4) is 5.75 Å². The van der Waals surface area contributed by atoms with Crippen LogP contribution in [0.4, 0.5) is 0 Å². The zero-order chi connectivity index (χ0) is 13.1. The summed E-state index contributed by atoms with van der Waals surface area (Å²) in [6.07, 6.45) is 4.70. The van der Waals surface area contributed by atoms with Crippen molar-refractivity contribution in [1.29, 1.82) is 0 Å². The highest BCUT2D eigenvalue weighted by atomic mass is 79.9. The second-order valence-corrected chi connectivity index (χ2v) is 4.51. The summed E-state index contributed by atoms with van der Waals surface area (Å²) in [5, 5.41) is 4.11. The average molecular weight is 310 g/mol. The third-order valence-corrected chi connectivity index (χ3v) is 2.94. The molecule has 2 rings (SSSR count). The van der Waals surface area contributed by atoms with Crippen LogP contribution in [0.2, 0.25) is 0 Å². The Morgan fingerprint density at radius 1 is 1.44 bits per heavy atom. The van der Waals surface area contributed by atoms with Crippen LogP contribution in [0.3, 0.4) is 0 Å². The van der Waals surface area contributed by atoms with Gasteiger partial charge in [-0.3, -0.25) is 14.5 Å². The van der Waals surface area contributed by atoms with Gasteiger partial charge in [0, 0.05) is 29.0 Å². The van der Waals surface area contributed by atoms with Gasteiger partial charge in [0.1, 0.15) is 0 Å².